The quantitative estimate of drug-likeness (QED) is 0.701. The SMILES string of the molecule is CCN(CC)CCNC(=O)Cc1nnnn1CCc1ccccc1. The highest BCUT2D eigenvalue weighted by Crippen LogP contribution is 2.02. The van der Waals surface area contributed by atoms with Crippen LogP contribution in [-0.4, -0.2) is 57.2 Å². The zero-order valence-corrected chi connectivity index (χ0v) is 14.5. The van der Waals surface area contributed by atoms with Gasteiger partial charge in [-0.3, -0.25) is 4.79 Å². The molecule has 0 unspecified atom stereocenters. The lowest BCUT2D eigenvalue weighted by Crippen LogP contribution is -2.35. The summed E-state index contributed by atoms with van der Waals surface area (Å²) in [4.78, 5) is 14.3. The third-order valence-corrected chi connectivity index (χ3v) is 4.02. The van der Waals surface area contributed by atoms with Gasteiger partial charge in [-0.15, -0.1) is 5.10 Å². The zero-order valence-electron chi connectivity index (χ0n) is 14.5. The number of aryl methyl sites for hydroxylation is 2. The van der Waals surface area contributed by atoms with E-state index < -0.39 is 0 Å². The van der Waals surface area contributed by atoms with E-state index in [1.165, 1.54) is 5.56 Å². The summed E-state index contributed by atoms with van der Waals surface area (Å²) in [6, 6.07) is 10.2. The molecule has 2 rings (SSSR count). The molecule has 0 spiro atoms. The van der Waals surface area contributed by atoms with Crippen LogP contribution in [0.5, 0.6) is 0 Å². The Balaban J connectivity index is 1.78. The van der Waals surface area contributed by atoms with Gasteiger partial charge in [0.15, 0.2) is 5.82 Å². The van der Waals surface area contributed by atoms with Crippen molar-refractivity contribution in [2.45, 2.75) is 33.2 Å². The van der Waals surface area contributed by atoms with Gasteiger partial charge in [0.05, 0.1) is 6.42 Å². The maximum Gasteiger partial charge on any atom is 0.227 e. The van der Waals surface area contributed by atoms with Crippen LogP contribution in [0.4, 0.5) is 0 Å². The first kappa shape index (κ1) is 18.1. The summed E-state index contributed by atoms with van der Waals surface area (Å²) in [5.74, 6) is 0.559. The van der Waals surface area contributed by atoms with Crippen LogP contribution in [-0.2, 0) is 24.2 Å². The van der Waals surface area contributed by atoms with Crippen molar-refractivity contribution in [1.82, 2.24) is 30.4 Å². The van der Waals surface area contributed by atoms with E-state index in [0.29, 0.717) is 18.9 Å². The maximum absolute atomic E-state index is 12.1. The van der Waals surface area contributed by atoms with Gasteiger partial charge >= 0.3 is 0 Å². The lowest BCUT2D eigenvalue weighted by atomic mass is 10.1. The molecule has 2 aromatic rings. The van der Waals surface area contributed by atoms with E-state index in [4.69, 9.17) is 0 Å². The van der Waals surface area contributed by atoms with Crippen molar-refractivity contribution < 1.29 is 4.79 Å². The van der Waals surface area contributed by atoms with E-state index >= 15 is 0 Å². The topological polar surface area (TPSA) is 75.9 Å². The van der Waals surface area contributed by atoms with Crippen LogP contribution in [0.2, 0.25) is 0 Å². The van der Waals surface area contributed by atoms with Crippen molar-refractivity contribution >= 4 is 5.91 Å². The van der Waals surface area contributed by atoms with Gasteiger partial charge in [0.25, 0.3) is 0 Å². The molecule has 24 heavy (non-hydrogen) atoms. The van der Waals surface area contributed by atoms with Crippen LogP contribution >= 0.6 is 0 Å². The third-order valence-electron chi connectivity index (χ3n) is 4.02. The first-order valence-corrected chi connectivity index (χ1v) is 8.51. The number of nitrogens with one attached hydrogen (secondary N) is 1. The van der Waals surface area contributed by atoms with Crippen molar-refractivity contribution in [3.8, 4) is 0 Å². The first-order chi connectivity index (χ1) is 11.7. The fourth-order valence-electron chi connectivity index (χ4n) is 2.50. The molecule has 0 saturated carbocycles. The van der Waals surface area contributed by atoms with Crippen LogP contribution < -0.4 is 5.32 Å². The largest absolute Gasteiger partial charge is 0.354 e. The molecule has 0 atom stereocenters. The lowest BCUT2D eigenvalue weighted by Gasteiger charge is -2.17. The molecule has 0 aliphatic heterocycles. The van der Waals surface area contributed by atoms with Crippen molar-refractivity contribution in [1.29, 1.82) is 0 Å². The monoisotopic (exact) mass is 330 g/mol. The van der Waals surface area contributed by atoms with E-state index in [1.807, 2.05) is 18.2 Å². The van der Waals surface area contributed by atoms with Crippen LogP contribution in [0.3, 0.4) is 0 Å². The normalized spacial score (nSPS) is 11.0. The van der Waals surface area contributed by atoms with Crippen LogP contribution in [0.25, 0.3) is 0 Å². The van der Waals surface area contributed by atoms with Crippen molar-refractivity contribution in [2.24, 2.45) is 0 Å². The molecule has 1 N–H and O–H groups in total. The number of tetrazole rings is 1. The van der Waals surface area contributed by atoms with Crippen LogP contribution in [0.1, 0.15) is 25.2 Å². The predicted octanol–water partition coefficient (Wildman–Crippen LogP) is 0.916. The van der Waals surface area contributed by atoms with E-state index in [2.05, 4.69) is 51.7 Å². The van der Waals surface area contributed by atoms with E-state index in [-0.39, 0.29) is 12.3 Å². The van der Waals surface area contributed by atoms with Gasteiger partial charge in [0.2, 0.25) is 5.91 Å². The number of aromatic nitrogens is 4. The molecule has 7 heteroatoms. The van der Waals surface area contributed by atoms with Gasteiger partial charge in [-0.25, -0.2) is 4.68 Å². The second-order valence-electron chi connectivity index (χ2n) is 5.61. The van der Waals surface area contributed by atoms with Crippen molar-refractivity contribution in [2.75, 3.05) is 26.2 Å². The highest BCUT2D eigenvalue weighted by molar-refractivity contribution is 5.77. The second kappa shape index (κ2) is 9.77. The zero-order chi connectivity index (χ0) is 17.2. The Morgan fingerprint density at radius 1 is 1.21 bits per heavy atom. The molecule has 1 amide bonds. The third kappa shape index (κ3) is 5.73. The van der Waals surface area contributed by atoms with Crippen molar-refractivity contribution in [3.63, 3.8) is 0 Å². The van der Waals surface area contributed by atoms with Gasteiger partial charge in [0, 0.05) is 19.6 Å². The number of benzene rings is 1. The Morgan fingerprint density at radius 3 is 2.67 bits per heavy atom. The molecule has 0 aliphatic rings. The summed E-state index contributed by atoms with van der Waals surface area (Å²) < 4.78 is 1.71. The Morgan fingerprint density at radius 2 is 1.96 bits per heavy atom. The molecule has 1 aromatic carbocycles. The molecular weight excluding hydrogens is 304 g/mol. The van der Waals surface area contributed by atoms with Gasteiger partial charge in [-0.1, -0.05) is 44.2 Å². The number of hydrogen-bond donors (Lipinski definition) is 1. The Bertz CT molecular complexity index is 609. The Kier molecular flexibility index (Phi) is 7.35. The van der Waals surface area contributed by atoms with Gasteiger partial charge in [-0.2, -0.15) is 0 Å². The molecule has 0 saturated heterocycles. The summed E-state index contributed by atoms with van der Waals surface area (Å²) in [6.07, 6.45) is 1.04. The standard InChI is InChI=1S/C17H26N6O/c1-3-22(4-2)13-11-18-17(24)14-16-19-20-21-23(16)12-10-15-8-6-5-7-9-15/h5-9H,3-4,10-14H2,1-2H3,(H,18,24). The Labute approximate surface area is 143 Å². The predicted molar refractivity (Wildman–Crippen MR) is 92.5 cm³/mol. The number of likely N-dealkylation sites (N-methyl/N-ethyl adjacent to an activating group) is 1. The minimum absolute atomic E-state index is 0.0436. The molecule has 130 valence electrons. The summed E-state index contributed by atoms with van der Waals surface area (Å²) in [5.41, 5.74) is 1.22. The number of carbonyl (C=O) groups is 1. The molecule has 7 nitrogen and oxygen atoms in total. The van der Waals surface area contributed by atoms with E-state index in [9.17, 15) is 4.79 Å². The minimum Gasteiger partial charge on any atom is -0.354 e. The first-order valence-electron chi connectivity index (χ1n) is 8.51. The molecule has 0 aliphatic carbocycles. The summed E-state index contributed by atoms with van der Waals surface area (Å²) in [6.45, 7) is 8.38. The Hall–Kier alpha value is -2.28. The summed E-state index contributed by atoms with van der Waals surface area (Å²) in [5, 5.41) is 14.6. The average Bonchev–Trinajstić information content (AvgIpc) is 3.05. The van der Waals surface area contributed by atoms with Gasteiger partial charge in [0.1, 0.15) is 0 Å². The van der Waals surface area contributed by atoms with Gasteiger partial charge in [-0.05, 0) is 35.5 Å². The lowest BCUT2D eigenvalue weighted by molar-refractivity contribution is -0.120. The summed E-state index contributed by atoms with van der Waals surface area (Å²) in [7, 11) is 0. The average molecular weight is 330 g/mol. The van der Waals surface area contributed by atoms with Gasteiger partial charge < -0.3 is 10.2 Å². The minimum atomic E-state index is -0.0436. The number of nitrogens with zero attached hydrogens (tertiary/aromatic N) is 5. The number of rotatable bonds is 10. The fraction of sp³-hybridized carbons (Fsp3) is 0.529. The molecule has 0 bridgehead atoms. The number of hydrogen-bond acceptors (Lipinski definition) is 5. The molecule has 1 heterocycles. The van der Waals surface area contributed by atoms with E-state index in [1.54, 1.807) is 4.68 Å². The smallest absolute Gasteiger partial charge is 0.227 e. The number of amides is 1. The molecule has 0 fully saturated rings. The fourth-order valence-corrected chi connectivity index (χ4v) is 2.50. The van der Waals surface area contributed by atoms with Crippen LogP contribution in [0.15, 0.2) is 30.3 Å². The molecule has 1 aromatic heterocycles. The molecular formula is C17H26N6O. The second-order valence-corrected chi connectivity index (χ2v) is 5.61. The van der Waals surface area contributed by atoms with E-state index in [0.717, 1.165) is 26.1 Å². The highest BCUT2D eigenvalue weighted by atomic mass is 16.1. The maximum atomic E-state index is 12.1. The molecule has 0 radical (unpaired) electrons. The summed E-state index contributed by atoms with van der Waals surface area (Å²) >= 11 is 0. The van der Waals surface area contributed by atoms with Crippen molar-refractivity contribution in [3.05, 3.63) is 41.7 Å². The van der Waals surface area contributed by atoms with Crippen LogP contribution in [0, 0.1) is 0 Å². The highest BCUT2D eigenvalue weighted by Gasteiger charge is 2.11. The number of carbonyl (C=O) groups excluding carboxylic acids is 1.